The van der Waals surface area contributed by atoms with Gasteiger partial charge in [0, 0.05) is 5.39 Å². The summed E-state index contributed by atoms with van der Waals surface area (Å²) in [6, 6.07) is 15.7. The molecule has 3 aromatic rings. The summed E-state index contributed by atoms with van der Waals surface area (Å²) in [5.41, 5.74) is 0.926. The highest BCUT2D eigenvalue weighted by Crippen LogP contribution is 2.26. The van der Waals surface area contributed by atoms with Gasteiger partial charge in [-0.1, -0.05) is 37.6 Å². The van der Waals surface area contributed by atoms with Gasteiger partial charge >= 0.3 is 0 Å². The molecule has 0 fully saturated rings. The summed E-state index contributed by atoms with van der Waals surface area (Å²) in [6.07, 6.45) is 3.72. The van der Waals surface area contributed by atoms with Crippen molar-refractivity contribution in [3.63, 3.8) is 0 Å². The lowest BCUT2D eigenvalue weighted by molar-refractivity contribution is 0.270. The second-order valence-electron chi connectivity index (χ2n) is 5.66. The number of nitrogens with one attached hydrogen (secondary N) is 1. The monoisotopic (exact) mass is 337 g/mol. The summed E-state index contributed by atoms with van der Waals surface area (Å²) in [7, 11) is 0. The molecule has 1 aromatic heterocycles. The molecule has 1 heterocycles. The van der Waals surface area contributed by atoms with Gasteiger partial charge in [-0.15, -0.1) is 0 Å². The van der Waals surface area contributed by atoms with Crippen LogP contribution in [0.1, 0.15) is 19.8 Å². The van der Waals surface area contributed by atoms with Crippen molar-refractivity contribution in [3.8, 4) is 11.5 Å². The van der Waals surface area contributed by atoms with E-state index in [1.165, 1.54) is 0 Å². The van der Waals surface area contributed by atoms with Crippen LogP contribution in [0.3, 0.4) is 0 Å². The van der Waals surface area contributed by atoms with Crippen LogP contribution >= 0.6 is 0 Å². The van der Waals surface area contributed by atoms with E-state index in [4.69, 9.17) is 9.47 Å². The van der Waals surface area contributed by atoms with Gasteiger partial charge in [0.05, 0.1) is 18.7 Å². The van der Waals surface area contributed by atoms with Gasteiger partial charge in [0.1, 0.15) is 18.8 Å². The van der Waals surface area contributed by atoms with Crippen LogP contribution < -0.4 is 14.8 Å². The number of anilines is 1. The zero-order chi connectivity index (χ0) is 17.3. The standard InChI is InChI=1S/C20H23N3O2/c1-2-3-13-24-18-10-6-7-11-19(18)25-14-12-21-20-16-8-4-5-9-17(16)22-15-23-20/h4-11,15H,2-3,12-14H2,1H3,(H,21,22,23). The van der Waals surface area contributed by atoms with E-state index < -0.39 is 0 Å². The van der Waals surface area contributed by atoms with E-state index in [-0.39, 0.29) is 0 Å². The SMILES string of the molecule is CCCCOc1ccccc1OCCNc1ncnc2ccccc12. The first-order valence-electron chi connectivity index (χ1n) is 8.66. The lowest BCUT2D eigenvalue weighted by atomic mass is 10.2. The summed E-state index contributed by atoms with van der Waals surface area (Å²) in [4.78, 5) is 8.58. The molecule has 0 unspecified atom stereocenters. The number of hydrogen-bond donors (Lipinski definition) is 1. The van der Waals surface area contributed by atoms with E-state index in [1.807, 2.05) is 48.5 Å². The fourth-order valence-corrected chi connectivity index (χ4v) is 2.49. The molecule has 0 amide bonds. The van der Waals surface area contributed by atoms with Gasteiger partial charge in [-0.2, -0.15) is 0 Å². The molecule has 0 aliphatic carbocycles. The molecule has 0 atom stereocenters. The minimum absolute atomic E-state index is 0.520. The maximum absolute atomic E-state index is 5.87. The molecule has 1 N–H and O–H groups in total. The molecular formula is C20H23N3O2. The summed E-state index contributed by atoms with van der Waals surface area (Å²) < 4.78 is 11.7. The number of aromatic nitrogens is 2. The van der Waals surface area contributed by atoms with Crippen molar-refractivity contribution in [2.24, 2.45) is 0 Å². The van der Waals surface area contributed by atoms with Gasteiger partial charge in [-0.3, -0.25) is 0 Å². The Morgan fingerprint density at radius 2 is 1.60 bits per heavy atom. The maximum Gasteiger partial charge on any atom is 0.161 e. The Labute approximate surface area is 148 Å². The van der Waals surface area contributed by atoms with Crippen molar-refractivity contribution >= 4 is 16.7 Å². The molecule has 5 heteroatoms. The quantitative estimate of drug-likeness (QED) is 0.590. The van der Waals surface area contributed by atoms with Gasteiger partial charge < -0.3 is 14.8 Å². The van der Waals surface area contributed by atoms with E-state index in [1.54, 1.807) is 6.33 Å². The molecule has 25 heavy (non-hydrogen) atoms. The van der Waals surface area contributed by atoms with Crippen molar-refractivity contribution in [2.45, 2.75) is 19.8 Å². The topological polar surface area (TPSA) is 56.3 Å². The average molecular weight is 337 g/mol. The molecule has 130 valence electrons. The molecule has 0 aliphatic rings. The lowest BCUT2D eigenvalue weighted by Crippen LogP contribution is -2.13. The predicted molar refractivity (Wildman–Crippen MR) is 100 cm³/mol. The van der Waals surface area contributed by atoms with Gasteiger partial charge in [0.15, 0.2) is 11.5 Å². The van der Waals surface area contributed by atoms with Crippen LogP contribution in [0.5, 0.6) is 11.5 Å². The minimum atomic E-state index is 0.520. The van der Waals surface area contributed by atoms with E-state index >= 15 is 0 Å². The Hall–Kier alpha value is -2.82. The third-order valence-electron chi connectivity index (χ3n) is 3.80. The van der Waals surface area contributed by atoms with Crippen LogP contribution in [0.25, 0.3) is 10.9 Å². The Kier molecular flexibility index (Phi) is 6.04. The molecule has 5 nitrogen and oxygen atoms in total. The Morgan fingerprint density at radius 3 is 2.40 bits per heavy atom. The van der Waals surface area contributed by atoms with Crippen molar-refractivity contribution in [1.29, 1.82) is 0 Å². The third-order valence-corrected chi connectivity index (χ3v) is 3.80. The summed E-state index contributed by atoms with van der Waals surface area (Å²) >= 11 is 0. The van der Waals surface area contributed by atoms with Crippen LogP contribution in [0.2, 0.25) is 0 Å². The van der Waals surface area contributed by atoms with Crippen molar-refractivity contribution in [3.05, 3.63) is 54.9 Å². The Balaban J connectivity index is 1.55. The van der Waals surface area contributed by atoms with Gasteiger partial charge in [0.25, 0.3) is 0 Å². The fraction of sp³-hybridized carbons (Fsp3) is 0.300. The third kappa shape index (κ3) is 4.59. The van der Waals surface area contributed by atoms with Gasteiger partial charge in [-0.05, 0) is 30.7 Å². The second-order valence-corrected chi connectivity index (χ2v) is 5.66. The average Bonchev–Trinajstić information content (AvgIpc) is 2.66. The number of fused-ring (bicyclic) bond motifs is 1. The summed E-state index contributed by atoms with van der Waals surface area (Å²) in [5, 5.41) is 4.32. The Morgan fingerprint density at radius 1 is 0.880 bits per heavy atom. The summed E-state index contributed by atoms with van der Waals surface area (Å²) in [6.45, 7) is 4.02. The van der Waals surface area contributed by atoms with Crippen molar-refractivity contribution in [1.82, 2.24) is 9.97 Å². The molecule has 0 radical (unpaired) electrons. The molecule has 0 saturated heterocycles. The number of ether oxygens (including phenoxy) is 2. The molecule has 2 aromatic carbocycles. The number of para-hydroxylation sites is 3. The predicted octanol–water partition coefficient (Wildman–Crippen LogP) is 4.30. The second kappa shape index (κ2) is 8.87. The van der Waals surface area contributed by atoms with Gasteiger partial charge in [0.2, 0.25) is 0 Å². The van der Waals surface area contributed by atoms with Crippen LogP contribution in [0.15, 0.2) is 54.9 Å². The van der Waals surface area contributed by atoms with E-state index in [0.29, 0.717) is 19.8 Å². The van der Waals surface area contributed by atoms with Crippen molar-refractivity contribution in [2.75, 3.05) is 25.1 Å². The largest absolute Gasteiger partial charge is 0.490 e. The zero-order valence-corrected chi connectivity index (χ0v) is 14.4. The van der Waals surface area contributed by atoms with Crippen molar-refractivity contribution < 1.29 is 9.47 Å². The molecule has 0 saturated carbocycles. The first-order chi connectivity index (χ1) is 12.4. The molecule has 3 rings (SSSR count). The lowest BCUT2D eigenvalue weighted by Gasteiger charge is -2.13. The molecule has 0 spiro atoms. The maximum atomic E-state index is 5.87. The molecule has 0 aliphatic heterocycles. The zero-order valence-electron chi connectivity index (χ0n) is 14.4. The number of unbranched alkanes of at least 4 members (excludes halogenated alkanes) is 1. The van der Waals surface area contributed by atoms with Crippen LogP contribution in [-0.4, -0.2) is 29.7 Å². The first-order valence-corrected chi connectivity index (χ1v) is 8.66. The normalized spacial score (nSPS) is 10.6. The molecular weight excluding hydrogens is 314 g/mol. The highest BCUT2D eigenvalue weighted by molar-refractivity contribution is 5.88. The fourth-order valence-electron chi connectivity index (χ4n) is 2.49. The number of benzene rings is 2. The molecule has 0 bridgehead atoms. The van der Waals surface area contributed by atoms with E-state index in [9.17, 15) is 0 Å². The van der Waals surface area contributed by atoms with Crippen LogP contribution in [0, 0.1) is 0 Å². The Bertz CT molecular complexity index is 802. The van der Waals surface area contributed by atoms with E-state index in [0.717, 1.165) is 41.1 Å². The smallest absolute Gasteiger partial charge is 0.161 e. The van der Waals surface area contributed by atoms with E-state index in [2.05, 4.69) is 22.2 Å². The first kappa shape index (κ1) is 17.0. The number of nitrogens with zero attached hydrogens (tertiary/aromatic N) is 2. The van der Waals surface area contributed by atoms with Crippen LogP contribution in [-0.2, 0) is 0 Å². The summed E-state index contributed by atoms with van der Waals surface area (Å²) in [5.74, 6) is 2.39. The van der Waals surface area contributed by atoms with Gasteiger partial charge in [-0.25, -0.2) is 9.97 Å². The highest BCUT2D eigenvalue weighted by atomic mass is 16.5. The number of rotatable bonds is 9. The number of hydrogen-bond acceptors (Lipinski definition) is 5. The van der Waals surface area contributed by atoms with Crippen LogP contribution in [0.4, 0.5) is 5.82 Å². The highest BCUT2D eigenvalue weighted by Gasteiger charge is 2.05. The minimum Gasteiger partial charge on any atom is -0.490 e.